The molecule has 5 heteroatoms. The van der Waals surface area contributed by atoms with Crippen molar-refractivity contribution in [1.82, 2.24) is 4.90 Å². The fourth-order valence-electron chi connectivity index (χ4n) is 5.73. The minimum Gasteiger partial charge on any atom is -0.481 e. The van der Waals surface area contributed by atoms with Gasteiger partial charge in [-0.05, 0) is 60.0 Å². The van der Waals surface area contributed by atoms with Crippen molar-refractivity contribution in [2.75, 3.05) is 19.7 Å². The Kier molecular flexibility index (Phi) is 5.45. The molecule has 2 heterocycles. The maximum atomic E-state index is 12.4. The van der Waals surface area contributed by atoms with E-state index in [4.69, 9.17) is 9.84 Å². The van der Waals surface area contributed by atoms with Crippen LogP contribution in [0.1, 0.15) is 69.6 Å². The number of hydrogen-bond acceptors (Lipinski definition) is 3. The molecule has 5 nitrogen and oxygen atoms in total. The van der Waals surface area contributed by atoms with Crippen LogP contribution < -0.4 is 0 Å². The molecule has 2 aliphatic heterocycles. The number of nitrogens with zero attached hydrogens (tertiary/aromatic N) is 1. The van der Waals surface area contributed by atoms with Crippen LogP contribution in [-0.4, -0.2) is 41.6 Å². The zero-order valence-electron chi connectivity index (χ0n) is 17.7. The van der Waals surface area contributed by atoms with E-state index in [-0.39, 0.29) is 29.3 Å². The maximum Gasteiger partial charge on any atom is 0.303 e. The van der Waals surface area contributed by atoms with Gasteiger partial charge in [-0.2, -0.15) is 0 Å². The zero-order valence-corrected chi connectivity index (χ0v) is 17.7. The highest BCUT2D eigenvalue weighted by molar-refractivity contribution is 5.77. The number of rotatable bonds is 4. The van der Waals surface area contributed by atoms with Gasteiger partial charge in [-0.15, -0.1) is 0 Å². The van der Waals surface area contributed by atoms with Gasteiger partial charge in [0.2, 0.25) is 5.91 Å². The molecule has 0 aromatic heterocycles. The molecule has 1 aliphatic carbocycles. The summed E-state index contributed by atoms with van der Waals surface area (Å²) >= 11 is 0. The topological polar surface area (TPSA) is 66.8 Å². The first-order valence-corrected chi connectivity index (χ1v) is 11.0. The highest BCUT2D eigenvalue weighted by Gasteiger charge is 2.51. The van der Waals surface area contributed by atoms with Gasteiger partial charge >= 0.3 is 5.97 Å². The summed E-state index contributed by atoms with van der Waals surface area (Å²) in [6.07, 6.45) is 5.25. The van der Waals surface area contributed by atoms with Gasteiger partial charge < -0.3 is 14.7 Å². The molecule has 1 spiro atoms. The molecular weight excluding hydrogens is 366 g/mol. The number of benzene rings is 1. The van der Waals surface area contributed by atoms with Crippen molar-refractivity contribution in [3.63, 3.8) is 0 Å². The summed E-state index contributed by atoms with van der Waals surface area (Å²) in [6.45, 7) is 7.07. The number of carboxylic acids is 1. The number of carbonyl (C=O) groups excluding carboxylic acids is 1. The molecule has 3 aliphatic rings. The van der Waals surface area contributed by atoms with Crippen molar-refractivity contribution >= 4 is 11.9 Å². The Labute approximate surface area is 173 Å². The first-order chi connectivity index (χ1) is 13.8. The van der Waals surface area contributed by atoms with Crippen LogP contribution in [0.3, 0.4) is 0 Å². The molecule has 0 radical (unpaired) electrons. The Hall–Kier alpha value is -1.88. The number of piperidine rings is 1. The summed E-state index contributed by atoms with van der Waals surface area (Å²) in [5, 5.41) is 8.76. The molecule has 0 bridgehead atoms. The largest absolute Gasteiger partial charge is 0.481 e. The summed E-state index contributed by atoms with van der Waals surface area (Å²) in [4.78, 5) is 25.0. The third kappa shape index (κ3) is 4.07. The predicted molar refractivity (Wildman–Crippen MR) is 110 cm³/mol. The number of carboxylic acid groups (broad SMARTS) is 1. The zero-order chi connectivity index (χ0) is 20.6. The Morgan fingerprint density at radius 3 is 2.62 bits per heavy atom. The fourth-order valence-corrected chi connectivity index (χ4v) is 5.73. The van der Waals surface area contributed by atoms with E-state index in [2.05, 4.69) is 38.1 Å². The molecule has 1 N–H and O–H groups in total. The molecule has 2 atom stereocenters. The van der Waals surface area contributed by atoms with E-state index in [1.807, 2.05) is 4.90 Å². The van der Waals surface area contributed by atoms with Gasteiger partial charge in [-0.1, -0.05) is 38.1 Å². The van der Waals surface area contributed by atoms with Crippen molar-refractivity contribution < 1.29 is 19.4 Å². The molecule has 1 aromatic rings. The van der Waals surface area contributed by atoms with Gasteiger partial charge in [-0.3, -0.25) is 9.59 Å². The molecule has 0 unspecified atom stereocenters. The van der Waals surface area contributed by atoms with Crippen LogP contribution in [0.2, 0.25) is 0 Å². The fraction of sp³-hybridized carbons (Fsp3) is 0.667. The number of ether oxygens (including phenoxy) is 1. The van der Waals surface area contributed by atoms with E-state index < -0.39 is 5.97 Å². The predicted octanol–water partition coefficient (Wildman–Crippen LogP) is 4.21. The monoisotopic (exact) mass is 399 g/mol. The van der Waals surface area contributed by atoms with E-state index >= 15 is 0 Å². The van der Waals surface area contributed by atoms with E-state index in [1.165, 1.54) is 17.5 Å². The summed E-state index contributed by atoms with van der Waals surface area (Å²) < 4.78 is 6.56. The van der Waals surface area contributed by atoms with Gasteiger partial charge in [0, 0.05) is 25.9 Å². The highest BCUT2D eigenvalue weighted by atomic mass is 16.5. The average Bonchev–Trinajstić information content (AvgIpc) is 2.68. The first kappa shape index (κ1) is 20.4. The number of carbonyl (C=O) groups is 2. The lowest BCUT2D eigenvalue weighted by molar-refractivity contribution is -0.159. The van der Waals surface area contributed by atoms with Crippen molar-refractivity contribution in [3.05, 3.63) is 35.4 Å². The lowest BCUT2D eigenvalue weighted by Gasteiger charge is -2.55. The second-order valence-electron chi connectivity index (χ2n) is 10.0. The number of hydrogen-bond donors (Lipinski definition) is 1. The van der Waals surface area contributed by atoms with Crippen LogP contribution in [0.4, 0.5) is 0 Å². The van der Waals surface area contributed by atoms with Crippen LogP contribution in [0, 0.1) is 16.7 Å². The first-order valence-electron chi connectivity index (χ1n) is 11.0. The molecule has 2 saturated heterocycles. The summed E-state index contributed by atoms with van der Waals surface area (Å²) in [6, 6.07) is 8.73. The Balaban J connectivity index is 1.40. The molecule has 4 rings (SSSR count). The molecular formula is C24H33NO4. The molecule has 1 aromatic carbocycles. The van der Waals surface area contributed by atoms with E-state index in [9.17, 15) is 9.59 Å². The van der Waals surface area contributed by atoms with Gasteiger partial charge in [-0.25, -0.2) is 0 Å². The summed E-state index contributed by atoms with van der Waals surface area (Å²) in [7, 11) is 0. The second kappa shape index (κ2) is 7.75. The van der Waals surface area contributed by atoms with Crippen LogP contribution in [-0.2, 0) is 20.7 Å². The van der Waals surface area contributed by atoms with Crippen LogP contribution in [0.15, 0.2) is 24.3 Å². The molecule has 1 amide bonds. The van der Waals surface area contributed by atoms with Crippen molar-refractivity contribution in [2.45, 2.75) is 64.9 Å². The van der Waals surface area contributed by atoms with Crippen molar-refractivity contribution in [1.29, 1.82) is 0 Å². The normalized spacial score (nSPS) is 27.2. The number of aliphatic carboxylic acids is 1. The lowest BCUT2D eigenvalue weighted by Crippen LogP contribution is -2.52. The maximum absolute atomic E-state index is 12.4. The number of fused-ring (bicyclic) bond motifs is 3. The third-order valence-corrected chi connectivity index (χ3v) is 7.56. The Bertz CT molecular complexity index is 779. The lowest BCUT2D eigenvalue weighted by atomic mass is 9.57. The quantitative estimate of drug-likeness (QED) is 0.824. The minimum absolute atomic E-state index is 0.0665. The average molecular weight is 400 g/mol. The highest BCUT2D eigenvalue weighted by Crippen LogP contribution is 2.56. The van der Waals surface area contributed by atoms with Gasteiger partial charge in [0.25, 0.3) is 0 Å². The summed E-state index contributed by atoms with van der Waals surface area (Å²) in [5.74, 6) is -0.229. The van der Waals surface area contributed by atoms with Crippen molar-refractivity contribution in [2.24, 2.45) is 16.7 Å². The van der Waals surface area contributed by atoms with E-state index in [1.54, 1.807) is 0 Å². The Morgan fingerprint density at radius 1 is 1.17 bits per heavy atom. The van der Waals surface area contributed by atoms with Crippen molar-refractivity contribution in [3.8, 4) is 0 Å². The standard InChI is InChI=1S/C24H33NO4/c1-23(2)14-17-6-3-4-7-18(17)22-19(23)15-24(16-29-22)10-12-25(13-11-24)20(26)8-5-9-21(27)28/h3-4,6-7,19,22H,5,8-16H2,1-2H3,(H,27,28)/t19-,22+/m1/s1. The van der Waals surface area contributed by atoms with E-state index in [0.29, 0.717) is 18.8 Å². The SMILES string of the molecule is CC1(C)Cc2ccccc2[C@@H]2OCC3(CCN(C(=O)CCCC(=O)O)CC3)C[C@H]21. The molecule has 2 fully saturated rings. The van der Waals surface area contributed by atoms with Crippen LogP contribution in [0.5, 0.6) is 0 Å². The number of likely N-dealkylation sites (tertiary alicyclic amines) is 1. The molecule has 0 saturated carbocycles. The Morgan fingerprint density at radius 2 is 1.90 bits per heavy atom. The van der Waals surface area contributed by atoms with Crippen LogP contribution >= 0.6 is 0 Å². The second-order valence-corrected chi connectivity index (χ2v) is 10.0. The number of amides is 1. The van der Waals surface area contributed by atoms with Gasteiger partial charge in [0.1, 0.15) is 0 Å². The van der Waals surface area contributed by atoms with Gasteiger partial charge in [0.05, 0.1) is 12.7 Å². The smallest absolute Gasteiger partial charge is 0.303 e. The van der Waals surface area contributed by atoms with E-state index in [0.717, 1.165) is 39.0 Å². The van der Waals surface area contributed by atoms with Gasteiger partial charge in [0.15, 0.2) is 0 Å². The van der Waals surface area contributed by atoms with Crippen LogP contribution in [0.25, 0.3) is 0 Å². The third-order valence-electron chi connectivity index (χ3n) is 7.56. The minimum atomic E-state index is -0.832. The molecule has 158 valence electrons. The summed E-state index contributed by atoms with van der Waals surface area (Å²) in [5.41, 5.74) is 3.17. The molecule has 29 heavy (non-hydrogen) atoms.